The summed E-state index contributed by atoms with van der Waals surface area (Å²) in [5.74, 6) is 1.31. The lowest BCUT2D eigenvalue weighted by atomic mass is 10.0. The molecule has 1 fully saturated rings. The molecule has 2 heterocycles. The Balaban J connectivity index is 1.55. The molecule has 2 atom stereocenters. The summed E-state index contributed by atoms with van der Waals surface area (Å²) in [7, 11) is 0. The molecule has 0 spiro atoms. The number of aromatic nitrogens is 1. The van der Waals surface area contributed by atoms with Gasteiger partial charge in [0.05, 0.1) is 12.2 Å². The van der Waals surface area contributed by atoms with Crippen molar-refractivity contribution in [2.45, 2.75) is 38.8 Å². The fourth-order valence-electron chi connectivity index (χ4n) is 3.83. The smallest absolute Gasteiger partial charge is 0.278 e. The Bertz CT molecular complexity index is 699. The molecule has 0 unspecified atom stereocenters. The van der Waals surface area contributed by atoms with Crippen molar-refractivity contribution in [3.8, 4) is 0 Å². The number of hydrogen-bond acceptors (Lipinski definition) is 2. The molecule has 1 aliphatic heterocycles. The fourth-order valence-corrected chi connectivity index (χ4v) is 3.83. The first kappa shape index (κ1) is 19.4. The number of H-pyrrole nitrogens is 1. The minimum Gasteiger partial charge on any atom is -0.344 e. The molecule has 1 aromatic carbocycles. The summed E-state index contributed by atoms with van der Waals surface area (Å²) < 4.78 is 0. The van der Waals surface area contributed by atoms with Gasteiger partial charge in [0.1, 0.15) is 26.2 Å². The van der Waals surface area contributed by atoms with E-state index in [1.807, 2.05) is 30.5 Å². The number of pyridine rings is 1. The number of quaternary nitrogens is 1. The Kier molecular flexibility index (Phi) is 6.82. The molecule has 0 saturated carbocycles. The van der Waals surface area contributed by atoms with Crippen LogP contribution in [0.1, 0.15) is 38.3 Å². The van der Waals surface area contributed by atoms with E-state index in [4.69, 9.17) is 0 Å². The van der Waals surface area contributed by atoms with Crippen molar-refractivity contribution in [2.24, 2.45) is 0 Å². The van der Waals surface area contributed by atoms with Crippen molar-refractivity contribution < 1.29 is 14.7 Å². The third-order valence-electron chi connectivity index (χ3n) is 5.54. The Morgan fingerprint density at radius 1 is 1.15 bits per heavy atom. The minimum absolute atomic E-state index is 0.0324. The first-order valence-corrected chi connectivity index (χ1v) is 10.1. The van der Waals surface area contributed by atoms with Crippen molar-refractivity contribution in [3.05, 3.63) is 60.3 Å². The Hall–Kier alpha value is -2.40. The van der Waals surface area contributed by atoms with Crippen LogP contribution in [-0.2, 0) is 4.79 Å². The topological polar surface area (TPSA) is 50.9 Å². The highest BCUT2D eigenvalue weighted by Gasteiger charge is 2.33. The molecule has 1 aromatic heterocycles. The van der Waals surface area contributed by atoms with Gasteiger partial charge in [-0.2, -0.15) is 0 Å². The summed E-state index contributed by atoms with van der Waals surface area (Å²) in [6, 6.07) is 16.5. The number of hydrogen-bond donors (Lipinski definition) is 2. The zero-order valence-electron chi connectivity index (χ0n) is 16.4. The second-order valence-electron chi connectivity index (χ2n) is 7.38. The molecule has 3 N–H and O–H groups in total. The van der Waals surface area contributed by atoms with E-state index in [-0.39, 0.29) is 18.0 Å². The van der Waals surface area contributed by atoms with Crippen LogP contribution in [0.15, 0.2) is 54.7 Å². The first-order valence-electron chi connectivity index (χ1n) is 10.1. The van der Waals surface area contributed by atoms with Gasteiger partial charge in [0.2, 0.25) is 0 Å². The number of nitrogens with zero attached hydrogens (tertiary/aromatic N) is 1. The summed E-state index contributed by atoms with van der Waals surface area (Å²) in [5, 5.41) is 3.29. The standard InChI is InChI=1S/C22H30N4O/c1-3-9-20(19-10-5-4-6-11-19)24-22(27)18(2)25-14-16-26(17-15-25)21-12-7-8-13-23-21/h4-8,10-13,18,20H,3,9,14-17H2,1-2H3,(H,24,27)/p+2/t18-,20-/m0/s1. The van der Waals surface area contributed by atoms with E-state index in [2.05, 4.69) is 53.3 Å². The van der Waals surface area contributed by atoms with Crippen LogP contribution in [0.5, 0.6) is 0 Å². The van der Waals surface area contributed by atoms with Gasteiger partial charge in [-0.15, -0.1) is 0 Å². The maximum atomic E-state index is 12.9. The van der Waals surface area contributed by atoms with Gasteiger partial charge in [0.25, 0.3) is 11.7 Å². The second kappa shape index (κ2) is 9.51. The number of amides is 1. The number of piperazine rings is 1. The lowest BCUT2D eigenvalue weighted by molar-refractivity contribution is -0.914. The summed E-state index contributed by atoms with van der Waals surface area (Å²) in [5.41, 5.74) is 1.19. The zero-order valence-corrected chi connectivity index (χ0v) is 16.4. The Morgan fingerprint density at radius 3 is 2.48 bits per heavy atom. The molecule has 0 radical (unpaired) electrons. The number of carbonyl (C=O) groups is 1. The number of nitrogens with one attached hydrogen (secondary N) is 3. The maximum Gasteiger partial charge on any atom is 0.278 e. The van der Waals surface area contributed by atoms with Crippen molar-refractivity contribution in [3.63, 3.8) is 0 Å². The molecule has 3 rings (SSSR count). The van der Waals surface area contributed by atoms with Crippen LogP contribution in [0, 0.1) is 0 Å². The SMILES string of the molecule is CCC[C@H](NC(=O)[C@H](C)[NH+]1CCN(c2cccc[nH+]2)CC1)c1ccccc1. The molecule has 144 valence electrons. The summed E-state index contributed by atoms with van der Waals surface area (Å²) in [6.07, 6.45) is 3.98. The summed E-state index contributed by atoms with van der Waals surface area (Å²) in [4.78, 5) is 19.9. The van der Waals surface area contributed by atoms with Gasteiger partial charge in [-0.25, -0.2) is 4.98 Å². The van der Waals surface area contributed by atoms with Crippen LogP contribution >= 0.6 is 0 Å². The van der Waals surface area contributed by atoms with E-state index in [0.717, 1.165) is 44.8 Å². The molecule has 1 aliphatic rings. The van der Waals surface area contributed by atoms with E-state index in [1.165, 1.54) is 10.5 Å². The average Bonchev–Trinajstić information content (AvgIpc) is 2.74. The first-order chi connectivity index (χ1) is 13.2. The van der Waals surface area contributed by atoms with Gasteiger partial charge in [-0.05, 0) is 25.0 Å². The quantitative estimate of drug-likeness (QED) is 0.773. The van der Waals surface area contributed by atoms with Gasteiger partial charge in [0.15, 0.2) is 6.04 Å². The van der Waals surface area contributed by atoms with Crippen LogP contribution in [0.25, 0.3) is 0 Å². The van der Waals surface area contributed by atoms with Crippen molar-refractivity contribution in [1.29, 1.82) is 0 Å². The zero-order chi connectivity index (χ0) is 19.1. The minimum atomic E-state index is -0.0324. The summed E-state index contributed by atoms with van der Waals surface area (Å²) in [6.45, 7) is 8.09. The monoisotopic (exact) mass is 368 g/mol. The van der Waals surface area contributed by atoms with E-state index in [1.54, 1.807) is 0 Å². The van der Waals surface area contributed by atoms with E-state index >= 15 is 0 Å². The van der Waals surface area contributed by atoms with E-state index in [0.29, 0.717) is 0 Å². The number of carbonyl (C=O) groups excluding carboxylic acids is 1. The van der Waals surface area contributed by atoms with Gasteiger partial charge in [0, 0.05) is 6.07 Å². The number of benzene rings is 1. The molecule has 1 saturated heterocycles. The van der Waals surface area contributed by atoms with Gasteiger partial charge in [-0.1, -0.05) is 49.7 Å². The second-order valence-corrected chi connectivity index (χ2v) is 7.38. The predicted molar refractivity (Wildman–Crippen MR) is 108 cm³/mol. The van der Waals surface area contributed by atoms with E-state index < -0.39 is 0 Å². The third-order valence-corrected chi connectivity index (χ3v) is 5.54. The van der Waals surface area contributed by atoms with Gasteiger partial charge < -0.3 is 10.2 Å². The van der Waals surface area contributed by atoms with Gasteiger partial charge >= 0.3 is 0 Å². The molecule has 27 heavy (non-hydrogen) atoms. The maximum absolute atomic E-state index is 12.9. The van der Waals surface area contributed by atoms with Crippen LogP contribution in [-0.4, -0.2) is 38.1 Å². The molecule has 1 amide bonds. The van der Waals surface area contributed by atoms with Crippen LogP contribution in [0.3, 0.4) is 0 Å². The number of anilines is 1. The predicted octanol–water partition coefficient (Wildman–Crippen LogP) is 1.25. The molecule has 2 aromatic rings. The molecule has 0 bridgehead atoms. The molecule has 5 nitrogen and oxygen atoms in total. The molecule has 0 aliphatic carbocycles. The lowest BCUT2D eigenvalue weighted by Crippen LogP contribution is -3.19. The van der Waals surface area contributed by atoms with Crippen LogP contribution in [0.4, 0.5) is 5.82 Å². The highest BCUT2D eigenvalue weighted by Crippen LogP contribution is 2.18. The molecular weight excluding hydrogens is 336 g/mol. The Morgan fingerprint density at radius 2 is 1.85 bits per heavy atom. The lowest BCUT2D eigenvalue weighted by Gasteiger charge is -2.32. The van der Waals surface area contributed by atoms with Crippen molar-refractivity contribution >= 4 is 11.7 Å². The summed E-state index contributed by atoms with van der Waals surface area (Å²) >= 11 is 0. The van der Waals surface area contributed by atoms with E-state index in [9.17, 15) is 4.79 Å². The van der Waals surface area contributed by atoms with Crippen LogP contribution < -0.4 is 20.1 Å². The fraction of sp³-hybridized carbons (Fsp3) is 0.455. The van der Waals surface area contributed by atoms with Gasteiger partial charge in [-0.3, -0.25) is 9.69 Å². The Labute approximate surface area is 162 Å². The highest BCUT2D eigenvalue weighted by molar-refractivity contribution is 5.80. The normalized spacial score (nSPS) is 17.3. The molecule has 5 heteroatoms. The number of aromatic amines is 1. The van der Waals surface area contributed by atoms with Crippen LogP contribution in [0.2, 0.25) is 0 Å². The third kappa shape index (κ3) is 5.07. The molecular formula is C22H32N4O+2. The average molecular weight is 369 g/mol. The van der Waals surface area contributed by atoms with Crippen molar-refractivity contribution in [1.82, 2.24) is 5.32 Å². The number of rotatable bonds is 7. The highest BCUT2D eigenvalue weighted by atomic mass is 16.2. The van der Waals surface area contributed by atoms with Crippen molar-refractivity contribution in [2.75, 3.05) is 31.1 Å². The largest absolute Gasteiger partial charge is 0.344 e.